The lowest BCUT2D eigenvalue weighted by molar-refractivity contribution is 0.174. The van der Waals surface area contributed by atoms with E-state index >= 15 is 0 Å². The summed E-state index contributed by atoms with van der Waals surface area (Å²) in [4.78, 5) is 0. The van der Waals surface area contributed by atoms with Gasteiger partial charge in [0.15, 0.2) is 16.6 Å². The van der Waals surface area contributed by atoms with Crippen LogP contribution in [0.4, 0.5) is 5.69 Å². The lowest BCUT2D eigenvalue weighted by Crippen LogP contribution is -2.43. The van der Waals surface area contributed by atoms with E-state index in [9.17, 15) is 0 Å². The topological polar surface area (TPSA) is 42.5 Å². The Hall–Kier alpha value is -1.49. The molecule has 1 aromatic rings. The summed E-state index contributed by atoms with van der Waals surface area (Å²) >= 11 is 5.40. The highest BCUT2D eigenvalue weighted by molar-refractivity contribution is 7.80. The van der Waals surface area contributed by atoms with Crippen molar-refractivity contribution >= 4 is 23.0 Å². The number of ether oxygens (including phenoxy) is 2. The number of benzene rings is 1. The number of hydrogen-bond acceptors (Lipinski definition) is 3. The standard InChI is InChI=1S/C15H20N2O2S/c1-10-4-2-3-5-12(10)17-15(20)16-11-6-7-13-14(8-11)19-9-18-13/h6-8,10,12H,2-5,9H2,1H3,(H2,16,17,20)/t10-,12+/m1/s1. The molecule has 1 fully saturated rings. The predicted molar refractivity (Wildman–Crippen MR) is 83.3 cm³/mol. The molecule has 1 aromatic carbocycles. The Labute approximate surface area is 124 Å². The average Bonchev–Trinajstić information content (AvgIpc) is 2.89. The normalized spacial score (nSPS) is 24.2. The lowest BCUT2D eigenvalue weighted by atomic mass is 9.86. The van der Waals surface area contributed by atoms with Gasteiger partial charge >= 0.3 is 0 Å². The minimum Gasteiger partial charge on any atom is -0.454 e. The fraction of sp³-hybridized carbons (Fsp3) is 0.533. The van der Waals surface area contributed by atoms with E-state index in [2.05, 4.69) is 17.6 Å². The number of anilines is 1. The molecule has 4 nitrogen and oxygen atoms in total. The summed E-state index contributed by atoms with van der Waals surface area (Å²) in [6, 6.07) is 6.25. The molecule has 0 spiro atoms. The van der Waals surface area contributed by atoms with Gasteiger partial charge in [-0.2, -0.15) is 0 Å². The molecule has 1 saturated carbocycles. The van der Waals surface area contributed by atoms with Gasteiger partial charge in [0.05, 0.1) is 0 Å². The van der Waals surface area contributed by atoms with Gasteiger partial charge < -0.3 is 20.1 Å². The van der Waals surface area contributed by atoms with Crippen LogP contribution in [0.25, 0.3) is 0 Å². The second-order valence-electron chi connectivity index (χ2n) is 5.53. The van der Waals surface area contributed by atoms with Crippen molar-refractivity contribution in [2.24, 2.45) is 5.92 Å². The summed E-state index contributed by atoms with van der Waals surface area (Å²) in [6.45, 7) is 2.58. The summed E-state index contributed by atoms with van der Waals surface area (Å²) in [6.07, 6.45) is 5.10. The molecule has 0 saturated heterocycles. The van der Waals surface area contributed by atoms with Crippen LogP contribution in [0, 0.1) is 5.92 Å². The van der Waals surface area contributed by atoms with Gasteiger partial charge in [0.2, 0.25) is 6.79 Å². The maximum atomic E-state index is 5.40. The van der Waals surface area contributed by atoms with Crippen molar-refractivity contribution < 1.29 is 9.47 Å². The molecule has 0 amide bonds. The first-order valence-corrected chi connectivity index (χ1v) is 7.60. The molecular weight excluding hydrogens is 272 g/mol. The van der Waals surface area contributed by atoms with Crippen LogP contribution < -0.4 is 20.1 Å². The average molecular weight is 292 g/mol. The molecule has 1 aliphatic carbocycles. The van der Waals surface area contributed by atoms with Crippen molar-refractivity contribution in [1.82, 2.24) is 5.32 Å². The Bertz CT molecular complexity index is 507. The van der Waals surface area contributed by atoms with Crippen LogP contribution in [0.1, 0.15) is 32.6 Å². The molecule has 2 N–H and O–H groups in total. The number of fused-ring (bicyclic) bond motifs is 1. The van der Waals surface area contributed by atoms with Gasteiger partial charge in [-0.25, -0.2) is 0 Å². The van der Waals surface area contributed by atoms with E-state index < -0.39 is 0 Å². The van der Waals surface area contributed by atoms with Gasteiger partial charge in [-0.05, 0) is 43.1 Å². The maximum absolute atomic E-state index is 5.40. The smallest absolute Gasteiger partial charge is 0.231 e. The predicted octanol–water partition coefficient (Wildman–Crippen LogP) is 3.28. The van der Waals surface area contributed by atoms with Crippen molar-refractivity contribution in [3.05, 3.63) is 18.2 Å². The Morgan fingerprint density at radius 3 is 2.85 bits per heavy atom. The summed E-state index contributed by atoms with van der Waals surface area (Å²) in [5.74, 6) is 2.24. The van der Waals surface area contributed by atoms with Crippen molar-refractivity contribution in [1.29, 1.82) is 0 Å². The highest BCUT2D eigenvalue weighted by Crippen LogP contribution is 2.34. The third kappa shape index (κ3) is 2.98. The van der Waals surface area contributed by atoms with Crippen LogP contribution in [-0.4, -0.2) is 17.9 Å². The van der Waals surface area contributed by atoms with Crippen LogP contribution in [0.5, 0.6) is 11.5 Å². The molecule has 2 atom stereocenters. The SMILES string of the molecule is C[C@@H]1CCCC[C@@H]1NC(=S)Nc1ccc2c(c1)OCO2. The lowest BCUT2D eigenvalue weighted by Gasteiger charge is -2.30. The molecule has 2 aliphatic rings. The fourth-order valence-corrected chi connectivity index (χ4v) is 3.11. The zero-order chi connectivity index (χ0) is 13.9. The van der Waals surface area contributed by atoms with E-state index in [1.54, 1.807) is 0 Å². The Balaban J connectivity index is 1.58. The van der Waals surface area contributed by atoms with Gasteiger partial charge in [-0.3, -0.25) is 0 Å². The van der Waals surface area contributed by atoms with Gasteiger partial charge in [0.1, 0.15) is 0 Å². The highest BCUT2D eigenvalue weighted by Gasteiger charge is 2.22. The third-order valence-corrected chi connectivity index (χ3v) is 4.28. The third-order valence-electron chi connectivity index (χ3n) is 4.06. The van der Waals surface area contributed by atoms with Crippen LogP contribution in [0.2, 0.25) is 0 Å². The van der Waals surface area contributed by atoms with E-state index in [0.29, 0.717) is 23.9 Å². The Morgan fingerprint density at radius 1 is 1.20 bits per heavy atom. The zero-order valence-corrected chi connectivity index (χ0v) is 12.5. The zero-order valence-electron chi connectivity index (χ0n) is 11.6. The summed E-state index contributed by atoms with van der Waals surface area (Å²) in [7, 11) is 0. The van der Waals surface area contributed by atoms with Gasteiger partial charge in [0, 0.05) is 17.8 Å². The Morgan fingerprint density at radius 2 is 2.00 bits per heavy atom. The van der Waals surface area contributed by atoms with E-state index in [1.165, 1.54) is 25.7 Å². The molecule has 1 heterocycles. The molecule has 0 aromatic heterocycles. The highest BCUT2D eigenvalue weighted by atomic mass is 32.1. The second-order valence-corrected chi connectivity index (χ2v) is 5.94. The van der Waals surface area contributed by atoms with Crippen molar-refractivity contribution in [3.8, 4) is 11.5 Å². The molecule has 20 heavy (non-hydrogen) atoms. The summed E-state index contributed by atoms with van der Waals surface area (Å²) in [5, 5.41) is 7.34. The minimum absolute atomic E-state index is 0.293. The quantitative estimate of drug-likeness (QED) is 0.819. The summed E-state index contributed by atoms with van der Waals surface area (Å²) in [5.41, 5.74) is 0.926. The van der Waals surface area contributed by atoms with E-state index in [0.717, 1.165) is 17.2 Å². The molecule has 0 bridgehead atoms. The molecule has 3 rings (SSSR count). The van der Waals surface area contributed by atoms with E-state index in [4.69, 9.17) is 21.7 Å². The summed E-state index contributed by atoms with van der Waals surface area (Å²) < 4.78 is 10.7. The number of rotatable bonds is 2. The molecule has 1 aliphatic heterocycles. The van der Waals surface area contributed by atoms with Crippen molar-refractivity contribution in [2.75, 3.05) is 12.1 Å². The first-order valence-electron chi connectivity index (χ1n) is 7.19. The number of thiocarbonyl (C=S) groups is 1. The van der Waals surface area contributed by atoms with Gasteiger partial charge in [-0.15, -0.1) is 0 Å². The van der Waals surface area contributed by atoms with Crippen molar-refractivity contribution in [2.45, 2.75) is 38.6 Å². The van der Waals surface area contributed by atoms with Gasteiger partial charge in [0.25, 0.3) is 0 Å². The van der Waals surface area contributed by atoms with E-state index in [-0.39, 0.29) is 0 Å². The Kier molecular flexibility index (Phi) is 3.96. The van der Waals surface area contributed by atoms with Crippen LogP contribution in [0.15, 0.2) is 18.2 Å². The first-order chi connectivity index (χ1) is 9.72. The maximum Gasteiger partial charge on any atom is 0.231 e. The molecule has 108 valence electrons. The van der Waals surface area contributed by atoms with Crippen LogP contribution in [0.3, 0.4) is 0 Å². The molecule has 0 radical (unpaired) electrons. The van der Waals surface area contributed by atoms with Gasteiger partial charge in [-0.1, -0.05) is 19.8 Å². The fourth-order valence-electron chi connectivity index (χ4n) is 2.84. The first kappa shape index (κ1) is 13.5. The largest absolute Gasteiger partial charge is 0.454 e. The van der Waals surface area contributed by atoms with E-state index in [1.807, 2.05) is 18.2 Å². The van der Waals surface area contributed by atoms with Crippen LogP contribution in [-0.2, 0) is 0 Å². The molecule has 5 heteroatoms. The van der Waals surface area contributed by atoms with Crippen molar-refractivity contribution in [3.63, 3.8) is 0 Å². The number of hydrogen-bond donors (Lipinski definition) is 2. The molecular formula is C15H20N2O2S. The number of nitrogens with one attached hydrogen (secondary N) is 2. The minimum atomic E-state index is 0.293. The monoisotopic (exact) mass is 292 g/mol. The second kappa shape index (κ2) is 5.87. The van der Waals surface area contributed by atoms with Crippen LogP contribution >= 0.6 is 12.2 Å². The molecule has 0 unspecified atom stereocenters.